The summed E-state index contributed by atoms with van der Waals surface area (Å²) in [5, 5.41) is 0.430. The first-order valence-electron chi connectivity index (χ1n) is 8.78. The van der Waals surface area contributed by atoms with Gasteiger partial charge in [0.2, 0.25) is 0 Å². The highest BCUT2D eigenvalue weighted by Crippen LogP contribution is 2.38. The first-order valence-corrected chi connectivity index (χ1v) is 9.97. The summed E-state index contributed by atoms with van der Waals surface area (Å²) in [5.74, 6) is 0.629. The molecule has 0 saturated carbocycles. The Bertz CT molecular complexity index is 858. The molecule has 0 saturated heterocycles. The van der Waals surface area contributed by atoms with Crippen LogP contribution in [-0.4, -0.2) is 25.0 Å². The molecule has 2 heterocycles. The third kappa shape index (κ3) is 5.02. The van der Waals surface area contributed by atoms with Gasteiger partial charge in [0, 0.05) is 28.2 Å². The number of hydrogen-bond acceptors (Lipinski definition) is 6. The maximum atomic E-state index is 12.2. The highest BCUT2D eigenvalue weighted by molar-refractivity contribution is 7.12. The number of hydrogen-bond donors (Lipinski definition) is 0. The van der Waals surface area contributed by atoms with Gasteiger partial charge in [-0.15, -0.1) is 11.3 Å². The Morgan fingerprint density at radius 3 is 2.67 bits per heavy atom. The Labute approximate surface area is 167 Å². The number of halogens is 1. The van der Waals surface area contributed by atoms with Crippen LogP contribution in [0, 0.1) is 13.8 Å². The van der Waals surface area contributed by atoms with Crippen LogP contribution in [0.4, 0.5) is 0 Å². The average Bonchev–Trinajstić information content (AvgIpc) is 2.83. The molecular formula is C20H21ClO5S. The average molecular weight is 409 g/mol. The van der Waals surface area contributed by atoms with Crippen molar-refractivity contribution in [1.82, 2.24) is 0 Å². The number of rotatable bonds is 6. The number of thiophene rings is 1. The third-order valence-electron chi connectivity index (χ3n) is 4.16. The largest absolute Gasteiger partial charge is 0.489 e. The summed E-state index contributed by atoms with van der Waals surface area (Å²) in [4.78, 5) is 26.3. The van der Waals surface area contributed by atoms with Crippen LogP contribution in [0.3, 0.4) is 0 Å². The van der Waals surface area contributed by atoms with Crippen molar-refractivity contribution >= 4 is 34.7 Å². The molecule has 0 N–H and O–H groups in total. The normalized spacial score (nSPS) is 13.1. The van der Waals surface area contributed by atoms with Gasteiger partial charge in [-0.2, -0.15) is 0 Å². The fourth-order valence-corrected chi connectivity index (χ4v) is 4.09. The molecule has 0 amide bonds. The second-order valence-corrected chi connectivity index (χ2v) is 8.23. The molecule has 0 unspecified atom stereocenters. The van der Waals surface area contributed by atoms with Crippen LogP contribution < -0.4 is 9.47 Å². The van der Waals surface area contributed by atoms with E-state index >= 15 is 0 Å². The summed E-state index contributed by atoms with van der Waals surface area (Å²) in [6.45, 7) is 5.05. The molecular weight excluding hydrogens is 388 g/mol. The molecule has 1 aliphatic rings. The lowest BCUT2D eigenvalue weighted by Gasteiger charge is -2.12. The molecule has 0 spiro atoms. The minimum atomic E-state index is -0.420. The Morgan fingerprint density at radius 1 is 1.15 bits per heavy atom. The SMILES string of the molecule is Cc1cc(C(=O)CCC(=O)OCc2cc(Cl)c3c(c2)OCCCO3)c(C)s1. The van der Waals surface area contributed by atoms with Crippen molar-refractivity contribution in [2.45, 2.75) is 39.7 Å². The molecule has 5 nitrogen and oxygen atoms in total. The van der Waals surface area contributed by atoms with E-state index in [0.717, 1.165) is 16.2 Å². The van der Waals surface area contributed by atoms with E-state index in [0.29, 0.717) is 40.9 Å². The van der Waals surface area contributed by atoms with Crippen LogP contribution in [0.2, 0.25) is 5.02 Å². The lowest BCUT2D eigenvalue weighted by atomic mass is 10.1. The van der Waals surface area contributed by atoms with Crippen molar-refractivity contribution in [3.8, 4) is 11.5 Å². The van der Waals surface area contributed by atoms with Crippen molar-refractivity contribution in [2.24, 2.45) is 0 Å². The first kappa shape index (κ1) is 19.7. The highest BCUT2D eigenvalue weighted by atomic mass is 35.5. The van der Waals surface area contributed by atoms with Gasteiger partial charge in [-0.1, -0.05) is 11.6 Å². The fourth-order valence-electron chi connectivity index (χ4n) is 2.86. The van der Waals surface area contributed by atoms with E-state index in [4.69, 9.17) is 25.8 Å². The van der Waals surface area contributed by atoms with Crippen LogP contribution in [0.25, 0.3) is 0 Å². The molecule has 0 fully saturated rings. The smallest absolute Gasteiger partial charge is 0.306 e. The lowest BCUT2D eigenvalue weighted by Crippen LogP contribution is -2.08. The molecule has 7 heteroatoms. The van der Waals surface area contributed by atoms with E-state index in [-0.39, 0.29) is 25.2 Å². The monoisotopic (exact) mass is 408 g/mol. The van der Waals surface area contributed by atoms with E-state index in [9.17, 15) is 9.59 Å². The Hall–Kier alpha value is -2.05. The van der Waals surface area contributed by atoms with Gasteiger partial charge in [0.1, 0.15) is 6.61 Å². The molecule has 27 heavy (non-hydrogen) atoms. The van der Waals surface area contributed by atoms with Crippen molar-refractivity contribution in [3.05, 3.63) is 44.1 Å². The number of carbonyl (C=O) groups is 2. The van der Waals surface area contributed by atoms with Crippen molar-refractivity contribution in [2.75, 3.05) is 13.2 Å². The Kier molecular flexibility index (Phi) is 6.39. The highest BCUT2D eigenvalue weighted by Gasteiger charge is 2.17. The summed E-state index contributed by atoms with van der Waals surface area (Å²) in [7, 11) is 0. The van der Waals surface area contributed by atoms with Crippen molar-refractivity contribution in [1.29, 1.82) is 0 Å². The molecule has 1 aromatic heterocycles. The van der Waals surface area contributed by atoms with Gasteiger partial charge in [0.25, 0.3) is 0 Å². The molecule has 0 radical (unpaired) electrons. The van der Waals surface area contributed by atoms with Gasteiger partial charge in [-0.3, -0.25) is 9.59 Å². The number of ketones is 1. The summed E-state index contributed by atoms with van der Waals surface area (Å²) < 4.78 is 16.5. The minimum Gasteiger partial charge on any atom is -0.489 e. The van der Waals surface area contributed by atoms with Crippen LogP contribution in [0.5, 0.6) is 11.5 Å². The molecule has 3 rings (SSSR count). The van der Waals surface area contributed by atoms with Gasteiger partial charge >= 0.3 is 5.97 Å². The van der Waals surface area contributed by atoms with Gasteiger partial charge in [0.05, 0.1) is 24.7 Å². The fraction of sp³-hybridized carbons (Fsp3) is 0.400. The lowest BCUT2D eigenvalue weighted by molar-refractivity contribution is -0.144. The van der Waals surface area contributed by atoms with Gasteiger partial charge in [-0.25, -0.2) is 0 Å². The molecule has 0 bridgehead atoms. The number of fused-ring (bicyclic) bond motifs is 1. The zero-order valence-corrected chi connectivity index (χ0v) is 16.9. The summed E-state index contributed by atoms with van der Waals surface area (Å²) in [6.07, 6.45) is 0.968. The second-order valence-electron chi connectivity index (χ2n) is 6.37. The third-order valence-corrected chi connectivity index (χ3v) is 5.41. The standard InChI is InChI=1S/C20H21ClO5S/c1-12-8-15(13(2)27-12)17(22)4-5-19(23)26-11-14-9-16(21)20-18(10-14)24-6-3-7-25-20/h8-10H,3-7,11H2,1-2H3. The minimum absolute atomic E-state index is 0.0348. The quantitative estimate of drug-likeness (QED) is 0.503. The number of Topliss-reactive ketones (excluding diaryl/α,β-unsaturated/α-hetero) is 1. The van der Waals surface area contributed by atoms with Crippen LogP contribution in [-0.2, 0) is 16.1 Å². The second kappa shape index (κ2) is 8.76. The number of aryl methyl sites for hydroxylation is 2. The van der Waals surface area contributed by atoms with E-state index in [2.05, 4.69) is 0 Å². The summed E-state index contributed by atoms with van der Waals surface area (Å²) in [6, 6.07) is 5.33. The summed E-state index contributed by atoms with van der Waals surface area (Å²) >= 11 is 7.82. The number of esters is 1. The molecule has 1 aliphatic heterocycles. The summed E-state index contributed by atoms with van der Waals surface area (Å²) in [5.41, 5.74) is 1.41. The molecule has 2 aromatic rings. The maximum Gasteiger partial charge on any atom is 0.306 e. The van der Waals surface area contributed by atoms with Crippen LogP contribution in [0.1, 0.15) is 44.9 Å². The number of ether oxygens (including phenoxy) is 3. The number of benzene rings is 1. The zero-order chi connectivity index (χ0) is 19.4. The van der Waals surface area contributed by atoms with Crippen molar-refractivity contribution < 1.29 is 23.8 Å². The molecule has 144 valence electrons. The van der Waals surface area contributed by atoms with E-state index < -0.39 is 5.97 Å². The van der Waals surface area contributed by atoms with E-state index in [1.807, 2.05) is 19.9 Å². The Morgan fingerprint density at radius 2 is 1.93 bits per heavy atom. The molecule has 0 atom stereocenters. The van der Waals surface area contributed by atoms with E-state index in [1.54, 1.807) is 23.5 Å². The van der Waals surface area contributed by atoms with Crippen molar-refractivity contribution in [3.63, 3.8) is 0 Å². The van der Waals surface area contributed by atoms with Gasteiger partial charge in [-0.05, 0) is 37.6 Å². The maximum absolute atomic E-state index is 12.2. The van der Waals surface area contributed by atoms with Gasteiger partial charge in [0.15, 0.2) is 17.3 Å². The van der Waals surface area contributed by atoms with Crippen LogP contribution in [0.15, 0.2) is 18.2 Å². The number of carbonyl (C=O) groups excluding carboxylic acids is 2. The predicted octanol–water partition coefficient (Wildman–Crippen LogP) is 4.89. The van der Waals surface area contributed by atoms with E-state index in [1.165, 1.54) is 0 Å². The molecule has 1 aromatic carbocycles. The predicted molar refractivity (Wildman–Crippen MR) is 104 cm³/mol. The first-order chi connectivity index (χ1) is 12.9. The molecule has 0 aliphatic carbocycles. The Balaban J connectivity index is 1.53. The van der Waals surface area contributed by atoms with Gasteiger partial charge < -0.3 is 14.2 Å². The zero-order valence-electron chi connectivity index (χ0n) is 15.3. The topological polar surface area (TPSA) is 61.8 Å². The van der Waals surface area contributed by atoms with Crippen LogP contribution >= 0.6 is 22.9 Å².